The van der Waals surface area contributed by atoms with Gasteiger partial charge in [0, 0.05) is 20.0 Å². The number of unbranched alkanes of at least 4 members (excludes halogenated alkanes) is 12. The molecule has 0 N–H and O–H groups in total. The van der Waals surface area contributed by atoms with E-state index in [1.165, 1.54) is 103 Å². The van der Waals surface area contributed by atoms with Gasteiger partial charge < -0.3 is 4.90 Å². The van der Waals surface area contributed by atoms with Gasteiger partial charge in [-0.2, -0.15) is 0 Å². The molecule has 0 spiro atoms. The Morgan fingerprint density at radius 1 is 0.500 bits per heavy atom. The Kier molecular flexibility index (Phi) is 16.8. The molecule has 30 heavy (non-hydrogen) atoms. The van der Waals surface area contributed by atoms with Gasteiger partial charge in [0.15, 0.2) is 0 Å². The van der Waals surface area contributed by atoms with Gasteiger partial charge in [0.05, 0.1) is 0 Å². The molecule has 2 nitrogen and oxygen atoms in total. The van der Waals surface area contributed by atoms with Crippen LogP contribution in [0, 0.1) is 10.8 Å². The molecule has 0 unspecified atom stereocenters. The molecular formula is C28H57NO. The molecular weight excluding hydrogens is 366 g/mol. The lowest BCUT2D eigenvalue weighted by Gasteiger charge is -2.21. The Balaban J connectivity index is 3.56. The van der Waals surface area contributed by atoms with Crippen LogP contribution in [0.1, 0.15) is 151 Å². The van der Waals surface area contributed by atoms with E-state index in [1.54, 1.807) is 6.92 Å². The molecule has 0 aliphatic heterocycles. The molecule has 0 fully saturated rings. The monoisotopic (exact) mass is 423 g/mol. The zero-order chi connectivity index (χ0) is 22.9. The zero-order valence-electron chi connectivity index (χ0n) is 22.1. The highest BCUT2D eigenvalue weighted by Gasteiger charge is 2.10. The minimum atomic E-state index is 0.263. The molecule has 0 bridgehead atoms. The van der Waals surface area contributed by atoms with E-state index in [9.17, 15) is 4.79 Å². The highest BCUT2D eigenvalue weighted by molar-refractivity contribution is 5.73. The molecule has 1 amide bonds. The van der Waals surface area contributed by atoms with Crippen LogP contribution in [0.15, 0.2) is 0 Å². The minimum absolute atomic E-state index is 0.263. The van der Waals surface area contributed by atoms with Gasteiger partial charge in [0.25, 0.3) is 0 Å². The molecule has 0 aliphatic carbocycles. The number of hydrogen-bond acceptors (Lipinski definition) is 1. The first-order chi connectivity index (χ1) is 14.0. The van der Waals surface area contributed by atoms with Crippen molar-refractivity contribution in [3.63, 3.8) is 0 Å². The number of amides is 1. The largest absolute Gasteiger partial charge is 0.343 e. The standard InChI is InChI=1S/C28H57NO/c1-26(30)29(24-20-16-12-8-10-14-18-22-27(2,3)4)25-21-17-13-9-11-15-19-23-28(5,6)7/h8-25H2,1-7H3. The Hall–Kier alpha value is -0.530. The van der Waals surface area contributed by atoms with Crippen LogP contribution in [0.25, 0.3) is 0 Å². The van der Waals surface area contributed by atoms with E-state index in [4.69, 9.17) is 0 Å². The topological polar surface area (TPSA) is 20.3 Å². The Bertz CT molecular complexity index is 370. The molecule has 0 saturated carbocycles. The zero-order valence-corrected chi connectivity index (χ0v) is 22.1. The van der Waals surface area contributed by atoms with Gasteiger partial charge in [0.2, 0.25) is 5.91 Å². The predicted octanol–water partition coefficient (Wildman–Crippen LogP) is 9.17. The quantitative estimate of drug-likeness (QED) is 0.201. The summed E-state index contributed by atoms with van der Waals surface area (Å²) < 4.78 is 0. The first kappa shape index (κ1) is 29.5. The maximum Gasteiger partial charge on any atom is 0.219 e. The first-order valence-electron chi connectivity index (χ1n) is 13.3. The van der Waals surface area contributed by atoms with E-state index in [2.05, 4.69) is 46.4 Å². The third-order valence-electron chi connectivity index (χ3n) is 6.15. The summed E-state index contributed by atoms with van der Waals surface area (Å²) in [7, 11) is 0. The van der Waals surface area contributed by atoms with Crippen molar-refractivity contribution in [1.82, 2.24) is 4.90 Å². The third-order valence-corrected chi connectivity index (χ3v) is 6.15. The molecule has 0 aromatic carbocycles. The van der Waals surface area contributed by atoms with Gasteiger partial charge >= 0.3 is 0 Å². The maximum atomic E-state index is 11.9. The molecule has 0 heterocycles. The summed E-state index contributed by atoms with van der Waals surface area (Å²) in [6.07, 6.45) is 21.2. The van der Waals surface area contributed by atoms with Crippen molar-refractivity contribution < 1.29 is 4.79 Å². The van der Waals surface area contributed by atoms with Crippen LogP contribution in [-0.4, -0.2) is 23.9 Å². The van der Waals surface area contributed by atoms with Crippen molar-refractivity contribution in [2.24, 2.45) is 10.8 Å². The predicted molar refractivity (Wildman–Crippen MR) is 135 cm³/mol. The lowest BCUT2D eigenvalue weighted by atomic mass is 9.89. The fourth-order valence-electron chi connectivity index (χ4n) is 4.11. The SMILES string of the molecule is CC(=O)N(CCCCCCCCCC(C)(C)C)CCCCCCCCCC(C)(C)C. The molecule has 0 rings (SSSR count). The lowest BCUT2D eigenvalue weighted by Crippen LogP contribution is -2.30. The lowest BCUT2D eigenvalue weighted by molar-refractivity contribution is -0.129. The van der Waals surface area contributed by atoms with Gasteiger partial charge in [-0.15, -0.1) is 0 Å². The second kappa shape index (κ2) is 17.1. The van der Waals surface area contributed by atoms with Gasteiger partial charge in [-0.1, -0.05) is 119 Å². The summed E-state index contributed by atoms with van der Waals surface area (Å²) in [5.74, 6) is 0.263. The summed E-state index contributed by atoms with van der Waals surface area (Å²) >= 11 is 0. The van der Waals surface area contributed by atoms with Crippen molar-refractivity contribution in [3.05, 3.63) is 0 Å². The summed E-state index contributed by atoms with van der Waals surface area (Å²) in [6.45, 7) is 17.7. The summed E-state index contributed by atoms with van der Waals surface area (Å²) in [5.41, 5.74) is 0.977. The highest BCUT2D eigenvalue weighted by atomic mass is 16.2. The van der Waals surface area contributed by atoms with Gasteiger partial charge in [0.1, 0.15) is 0 Å². The van der Waals surface area contributed by atoms with Crippen molar-refractivity contribution in [2.75, 3.05) is 13.1 Å². The van der Waals surface area contributed by atoms with Gasteiger partial charge in [-0.25, -0.2) is 0 Å². The number of rotatable bonds is 18. The summed E-state index contributed by atoms with van der Waals surface area (Å²) in [4.78, 5) is 14.0. The fraction of sp³-hybridized carbons (Fsp3) is 0.964. The second-order valence-corrected chi connectivity index (χ2v) is 12.1. The summed E-state index contributed by atoms with van der Waals surface area (Å²) in [5, 5.41) is 0. The summed E-state index contributed by atoms with van der Waals surface area (Å²) in [6, 6.07) is 0. The highest BCUT2D eigenvalue weighted by Crippen LogP contribution is 2.23. The van der Waals surface area contributed by atoms with Crippen molar-refractivity contribution in [3.8, 4) is 0 Å². The number of carbonyl (C=O) groups excluding carboxylic acids is 1. The molecule has 0 aromatic heterocycles. The molecule has 0 radical (unpaired) electrons. The molecule has 2 heteroatoms. The number of hydrogen-bond donors (Lipinski definition) is 0. The maximum absolute atomic E-state index is 11.9. The van der Waals surface area contributed by atoms with E-state index >= 15 is 0 Å². The molecule has 0 atom stereocenters. The van der Waals surface area contributed by atoms with Crippen molar-refractivity contribution in [2.45, 2.75) is 151 Å². The smallest absolute Gasteiger partial charge is 0.219 e. The second-order valence-electron chi connectivity index (χ2n) is 12.1. The Morgan fingerprint density at radius 2 is 0.767 bits per heavy atom. The van der Waals surface area contributed by atoms with E-state index in [1.807, 2.05) is 0 Å². The Labute approximate surface area is 191 Å². The molecule has 0 saturated heterocycles. The van der Waals surface area contributed by atoms with Crippen molar-refractivity contribution >= 4 is 5.91 Å². The van der Waals surface area contributed by atoms with Gasteiger partial charge in [-0.05, 0) is 36.5 Å². The van der Waals surface area contributed by atoms with Crippen LogP contribution in [0.3, 0.4) is 0 Å². The van der Waals surface area contributed by atoms with Crippen molar-refractivity contribution in [1.29, 1.82) is 0 Å². The van der Waals surface area contributed by atoms with Crippen LogP contribution in [0.5, 0.6) is 0 Å². The van der Waals surface area contributed by atoms with E-state index in [0.29, 0.717) is 10.8 Å². The van der Waals surface area contributed by atoms with Gasteiger partial charge in [-0.3, -0.25) is 4.79 Å². The van der Waals surface area contributed by atoms with Crippen LogP contribution in [0.4, 0.5) is 0 Å². The van der Waals surface area contributed by atoms with Crippen LogP contribution in [-0.2, 0) is 4.79 Å². The Morgan fingerprint density at radius 3 is 1.03 bits per heavy atom. The molecule has 0 aliphatic rings. The number of carbonyl (C=O) groups is 1. The van der Waals surface area contributed by atoms with Crippen LogP contribution in [0.2, 0.25) is 0 Å². The number of nitrogens with zero attached hydrogens (tertiary/aromatic N) is 1. The average Bonchev–Trinajstić information content (AvgIpc) is 2.61. The van der Waals surface area contributed by atoms with E-state index in [-0.39, 0.29) is 5.91 Å². The fourth-order valence-corrected chi connectivity index (χ4v) is 4.11. The first-order valence-corrected chi connectivity index (χ1v) is 13.3. The molecule has 0 aromatic rings. The van der Waals surface area contributed by atoms with Crippen LogP contribution >= 0.6 is 0 Å². The molecule has 180 valence electrons. The average molecular weight is 424 g/mol. The van der Waals surface area contributed by atoms with E-state index < -0.39 is 0 Å². The normalized spacial score (nSPS) is 12.4. The minimum Gasteiger partial charge on any atom is -0.343 e. The third kappa shape index (κ3) is 22.2. The van der Waals surface area contributed by atoms with E-state index in [0.717, 1.165) is 13.1 Å². The van der Waals surface area contributed by atoms with Crippen LogP contribution < -0.4 is 0 Å².